The number of carbonyl (C=O) groups is 2. The summed E-state index contributed by atoms with van der Waals surface area (Å²) < 4.78 is 5.11. The molecule has 0 bridgehead atoms. The second kappa shape index (κ2) is 7.41. The van der Waals surface area contributed by atoms with Crippen molar-refractivity contribution in [2.24, 2.45) is 5.92 Å². The molecule has 19 heavy (non-hydrogen) atoms. The van der Waals surface area contributed by atoms with Gasteiger partial charge in [-0.25, -0.2) is 0 Å². The minimum atomic E-state index is -0.849. The molecule has 0 aromatic heterocycles. The van der Waals surface area contributed by atoms with Crippen molar-refractivity contribution in [1.29, 1.82) is 0 Å². The van der Waals surface area contributed by atoms with E-state index in [1.165, 1.54) is 7.11 Å². The van der Waals surface area contributed by atoms with Crippen LogP contribution in [0.25, 0.3) is 0 Å². The molecule has 1 rings (SSSR count). The molecule has 1 aromatic rings. The number of ether oxygens (including phenoxy) is 1. The molecule has 1 amide bonds. The van der Waals surface area contributed by atoms with Crippen LogP contribution in [0, 0.1) is 5.92 Å². The van der Waals surface area contributed by atoms with Crippen molar-refractivity contribution < 1.29 is 19.4 Å². The lowest BCUT2D eigenvalue weighted by Crippen LogP contribution is -2.30. The zero-order valence-electron chi connectivity index (χ0n) is 11.2. The SMILES string of the molecule is CCC(CNC(=O)c1ccccc1OC)CC(=O)O. The average Bonchev–Trinajstić information content (AvgIpc) is 2.42. The molecule has 0 aliphatic rings. The van der Waals surface area contributed by atoms with Crippen LogP contribution in [0.15, 0.2) is 24.3 Å². The molecule has 1 aromatic carbocycles. The van der Waals surface area contributed by atoms with Gasteiger partial charge >= 0.3 is 5.97 Å². The highest BCUT2D eigenvalue weighted by atomic mass is 16.5. The maximum Gasteiger partial charge on any atom is 0.303 e. The quantitative estimate of drug-likeness (QED) is 0.789. The van der Waals surface area contributed by atoms with Gasteiger partial charge < -0.3 is 15.2 Å². The number of aliphatic carboxylic acids is 1. The predicted octanol–water partition coefficient (Wildman–Crippen LogP) is 1.93. The van der Waals surface area contributed by atoms with Gasteiger partial charge in [0, 0.05) is 13.0 Å². The van der Waals surface area contributed by atoms with Gasteiger partial charge in [0.15, 0.2) is 0 Å². The predicted molar refractivity (Wildman–Crippen MR) is 71.4 cm³/mol. The number of carbonyl (C=O) groups excluding carboxylic acids is 1. The minimum absolute atomic E-state index is 0.0582. The van der Waals surface area contributed by atoms with E-state index in [9.17, 15) is 9.59 Å². The summed E-state index contributed by atoms with van der Waals surface area (Å²) in [4.78, 5) is 22.6. The first kappa shape index (κ1) is 15.0. The molecule has 5 nitrogen and oxygen atoms in total. The Morgan fingerprint density at radius 2 is 2.05 bits per heavy atom. The molecule has 104 valence electrons. The van der Waals surface area contributed by atoms with E-state index in [0.717, 1.165) is 0 Å². The van der Waals surface area contributed by atoms with E-state index in [1.807, 2.05) is 6.92 Å². The van der Waals surface area contributed by atoms with Crippen LogP contribution >= 0.6 is 0 Å². The molecule has 1 unspecified atom stereocenters. The summed E-state index contributed by atoms with van der Waals surface area (Å²) >= 11 is 0. The van der Waals surface area contributed by atoms with Crippen LogP contribution < -0.4 is 10.1 Å². The van der Waals surface area contributed by atoms with Crippen LogP contribution in [0.2, 0.25) is 0 Å². The number of nitrogens with one attached hydrogen (secondary N) is 1. The first-order valence-electron chi connectivity index (χ1n) is 6.21. The maximum atomic E-state index is 12.0. The molecule has 0 aliphatic heterocycles. The fourth-order valence-corrected chi connectivity index (χ4v) is 1.77. The first-order chi connectivity index (χ1) is 9.08. The zero-order valence-corrected chi connectivity index (χ0v) is 11.2. The van der Waals surface area contributed by atoms with Crippen molar-refractivity contribution in [3.05, 3.63) is 29.8 Å². The Morgan fingerprint density at radius 3 is 2.63 bits per heavy atom. The Balaban J connectivity index is 2.61. The van der Waals surface area contributed by atoms with E-state index in [1.54, 1.807) is 24.3 Å². The Labute approximate surface area is 112 Å². The van der Waals surface area contributed by atoms with Gasteiger partial charge in [-0.1, -0.05) is 25.5 Å². The highest BCUT2D eigenvalue weighted by molar-refractivity contribution is 5.96. The van der Waals surface area contributed by atoms with E-state index < -0.39 is 5.97 Å². The number of methoxy groups -OCH3 is 1. The number of amides is 1. The van der Waals surface area contributed by atoms with Crippen LogP contribution in [0.1, 0.15) is 30.1 Å². The smallest absolute Gasteiger partial charge is 0.303 e. The van der Waals surface area contributed by atoms with Crippen molar-refractivity contribution in [3.8, 4) is 5.75 Å². The van der Waals surface area contributed by atoms with Gasteiger partial charge in [-0.3, -0.25) is 9.59 Å². The molecule has 1 atom stereocenters. The fourth-order valence-electron chi connectivity index (χ4n) is 1.77. The maximum absolute atomic E-state index is 12.0. The van der Waals surface area contributed by atoms with Gasteiger partial charge in [-0.15, -0.1) is 0 Å². The zero-order chi connectivity index (χ0) is 14.3. The number of carboxylic acid groups (broad SMARTS) is 1. The number of rotatable bonds is 7. The molecule has 0 fully saturated rings. The van der Waals surface area contributed by atoms with Gasteiger partial charge in [0.1, 0.15) is 5.75 Å². The van der Waals surface area contributed by atoms with Crippen LogP contribution in [-0.2, 0) is 4.79 Å². The van der Waals surface area contributed by atoms with Crippen LogP contribution in [0.4, 0.5) is 0 Å². The summed E-state index contributed by atoms with van der Waals surface area (Å²) in [6.45, 7) is 2.25. The third-order valence-corrected chi connectivity index (χ3v) is 2.94. The Kier molecular flexibility index (Phi) is 5.85. The molecule has 0 radical (unpaired) electrons. The number of carboxylic acids is 1. The Bertz CT molecular complexity index is 445. The lowest BCUT2D eigenvalue weighted by atomic mass is 10.0. The van der Waals surface area contributed by atoms with Gasteiger partial charge in [-0.2, -0.15) is 0 Å². The van der Waals surface area contributed by atoms with Gasteiger partial charge in [0.25, 0.3) is 5.91 Å². The Hall–Kier alpha value is -2.04. The van der Waals surface area contributed by atoms with Crippen molar-refractivity contribution in [1.82, 2.24) is 5.32 Å². The molecular weight excluding hydrogens is 246 g/mol. The number of benzene rings is 1. The highest BCUT2D eigenvalue weighted by Gasteiger charge is 2.15. The summed E-state index contributed by atoms with van der Waals surface area (Å²) in [5.74, 6) is -0.651. The summed E-state index contributed by atoms with van der Waals surface area (Å²) in [5.41, 5.74) is 0.454. The Morgan fingerprint density at radius 1 is 1.37 bits per heavy atom. The second-order valence-electron chi connectivity index (χ2n) is 4.28. The lowest BCUT2D eigenvalue weighted by Gasteiger charge is -2.14. The molecular formula is C14H19NO4. The summed E-state index contributed by atoms with van der Waals surface area (Å²) in [6, 6.07) is 6.93. The third kappa shape index (κ3) is 4.62. The first-order valence-corrected chi connectivity index (χ1v) is 6.21. The molecule has 0 saturated carbocycles. The van der Waals surface area contributed by atoms with Crippen molar-refractivity contribution >= 4 is 11.9 Å². The molecule has 5 heteroatoms. The molecule has 0 aliphatic carbocycles. The molecule has 0 heterocycles. The van der Waals surface area contributed by atoms with E-state index in [4.69, 9.17) is 9.84 Å². The van der Waals surface area contributed by atoms with Gasteiger partial charge in [-0.05, 0) is 18.1 Å². The molecule has 0 spiro atoms. The number of hydrogen-bond acceptors (Lipinski definition) is 3. The van der Waals surface area contributed by atoms with E-state index >= 15 is 0 Å². The minimum Gasteiger partial charge on any atom is -0.496 e. The van der Waals surface area contributed by atoms with Crippen LogP contribution in [0.5, 0.6) is 5.75 Å². The molecule has 0 saturated heterocycles. The van der Waals surface area contributed by atoms with Crippen LogP contribution in [0.3, 0.4) is 0 Å². The number of para-hydroxylation sites is 1. The topological polar surface area (TPSA) is 75.6 Å². The van der Waals surface area contributed by atoms with E-state index in [0.29, 0.717) is 24.3 Å². The van der Waals surface area contributed by atoms with Crippen molar-refractivity contribution in [2.45, 2.75) is 19.8 Å². The fraction of sp³-hybridized carbons (Fsp3) is 0.429. The highest BCUT2D eigenvalue weighted by Crippen LogP contribution is 2.17. The monoisotopic (exact) mass is 265 g/mol. The summed E-state index contributed by atoms with van der Waals surface area (Å²) in [5, 5.41) is 11.5. The lowest BCUT2D eigenvalue weighted by molar-refractivity contribution is -0.138. The largest absolute Gasteiger partial charge is 0.496 e. The standard InChI is InChI=1S/C14H19NO4/c1-3-10(8-13(16)17)9-15-14(18)11-6-4-5-7-12(11)19-2/h4-7,10H,3,8-9H2,1-2H3,(H,15,18)(H,16,17). The number of hydrogen-bond donors (Lipinski definition) is 2. The third-order valence-electron chi connectivity index (χ3n) is 2.94. The normalized spacial score (nSPS) is 11.7. The van der Waals surface area contributed by atoms with Gasteiger partial charge in [0.05, 0.1) is 12.7 Å². The van der Waals surface area contributed by atoms with Gasteiger partial charge in [0.2, 0.25) is 0 Å². The molecule has 2 N–H and O–H groups in total. The second-order valence-corrected chi connectivity index (χ2v) is 4.28. The van der Waals surface area contributed by atoms with Crippen LogP contribution in [-0.4, -0.2) is 30.6 Å². The van der Waals surface area contributed by atoms with Crippen molar-refractivity contribution in [2.75, 3.05) is 13.7 Å². The summed E-state index contributed by atoms with van der Waals surface area (Å²) in [6.07, 6.45) is 0.765. The van der Waals surface area contributed by atoms with E-state index in [-0.39, 0.29) is 18.2 Å². The summed E-state index contributed by atoms with van der Waals surface area (Å²) in [7, 11) is 1.51. The average molecular weight is 265 g/mol. The van der Waals surface area contributed by atoms with Crippen molar-refractivity contribution in [3.63, 3.8) is 0 Å². The van der Waals surface area contributed by atoms with E-state index in [2.05, 4.69) is 5.32 Å².